The van der Waals surface area contributed by atoms with Crippen LogP contribution in [0.25, 0.3) is 0 Å². The van der Waals surface area contributed by atoms with Crippen molar-refractivity contribution in [2.75, 3.05) is 50.1 Å². The van der Waals surface area contributed by atoms with E-state index in [1.807, 2.05) is 24.9 Å². The fraction of sp³-hybridized carbons (Fsp3) is 0.643. The maximum atomic E-state index is 12.3. The lowest BCUT2D eigenvalue weighted by Gasteiger charge is -2.29. The number of nitrogens with zero attached hydrogens (tertiary/aromatic N) is 4. The van der Waals surface area contributed by atoms with Gasteiger partial charge in [-0.05, 0) is 13.0 Å². The van der Waals surface area contributed by atoms with E-state index < -0.39 is 0 Å². The van der Waals surface area contributed by atoms with Gasteiger partial charge in [0.25, 0.3) is 0 Å². The van der Waals surface area contributed by atoms with Crippen molar-refractivity contribution in [1.29, 1.82) is 0 Å². The van der Waals surface area contributed by atoms with Crippen molar-refractivity contribution >= 4 is 17.7 Å². The van der Waals surface area contributed by atoms with Gasteiger partial charge in [-0.1, -0.05) is 0 Å². The lowest BCUT2D eigenvalue weighted by atomic mass is 10.1. The topological polar surface area (TPSA) is 70.6 Å². The van der Waals surface area contributed by atoms with Crippen LogP contribution in [0.2, 0.25) is 0 Å². The van der Waals surface area contributed by atoms with Gasteiger partial charge < -0.3 is 19.9 Å². The first kappa shape index (κ1) is 14.1. The Labute approximate surface area is 124 Å². The van der Waals surface area contributed by atoms with Crippen LogP contribution in [0.15, 0.2) is 12.3 Å². The predicted octanol–water partition coefficient (Wildman–Crippen LogP) is 0.202. The van der Waals surface area contributed by atoms with E-state index in [1.54, 1.807) is 6.20 Å². The second kappa shape index (κ2) is 5.85. The highest BCUT2D eigenvalue weighted by atomic mass is 16.5. The van der Waals surface area contributed by atoms with Gasteiger partial charge in [0.05, 0.1) is 25.2 Å². The number of anilines is 2. The number of carbonyl (C=O) groups is 1. The molecule has 2 aliphatic rings. The van der Waals surface area contributed by atoms with Crippen molar-refractivity contribution in [3.05, 3.63) is 12.3 Å². The Morgan fingerprint density at radius 1 is 1.43 bits per heavy atom. The van der Waals surface area contributed by atoms with Crippen LogP contribution in [0.4, 0.5) is 11.8 Å². The summed E-state index contributed by atoms with van der Waals surface area (Å²) in [6.07, 6.45) is 1.75. The number of rotatable bonds is 3. The molecule has 1 amide bonds. The van der Waals surface area contributed by atoms with Crippen LogP contribution >= 0.6 is 0 Å². The largest absolute Gasteiger partial charge is 0.378 e. The van der Waals surface area contributed by atoms with Gasteiger partial charge in [0.15, 0.2) is 0 Å². The minimum Gasteiger partial charge on any atom is -0.378 e. The van der Waals surface area contributed by atoms with Gasteiger partial charge in [0, 0.05) is 32.9 Å². The molecular weight excluding hydrogens is 270 g/mol. The minimum absolute atomic E-state index is 0.0522. The Kier molecular flexibility index (Phi) is 3.92. The Hall–Kier alpha value is -1.89. The van der Waals surface area contributed by atoms with Crippen molar-refractivity contribution in [1.82, 2.24) is 14.9 Å². The molecule has 114 valence electrons. The average molecular weight is 291 g/mol. The molecule has 0 aromatic carbocycles. The van der Waals surface area contributed by atoms with Crippen LogP contribution in [-0.2, 0) is 9.53 Å². The molecule has 7 nitrogen and oxygen atoms in total. The van der Waals surface area contributed by atoms with E-state index in [1.165, 1.54) is 0 Å². The number of carbonyl (C=O) groups excluding carboxylic acids is 1. The number of hydrogen-bond acceptors (Lipinski definition) is 6. The molecule has 1 aromatic heterocycles. The number of amides is 1. The molecule has 21 heavy (non-hydrogen) atoms. The zero-order chi connectivity index (χ0) is 14.8. The summed E-state index contributed by atoms with van der Waals surface area (Å²) in [7, 11) is 1.86. The van der Waals surface area contributed by atoms with Crippen LogP contribution < -0.4 is 10.2 Å². The van der Waals surface area contributed by atoms with Crippen LogP contribution in [-0.4, -0.2) is 66.7 Å². The highest BCUT2D eigenvalue weighted by Gasteiger charge is 2.37. The summed E-state index contributed by atoms with van der Waals surface area (Å²) >= 11 is 0. The Bertz CT molecular complexity index is 524. The fourth-order valence-electron chi connectivity index (χ4n) is 2.84. The zero-order valence-corrected chi connectivity index (χ0v) is 12.5. The van der Waals surface area contributed by atoms with Gasteiger partial charge >= 0.3 is 0 Å². The summed E-state index contributed by atoms with van der Waals surface area (Å²) in [6.45, 7) is 5.20. The predicted molar refractivity (Wildman–Crippen MR) is 79.3 cm³/mol. The molecule has 0 aliphatic carbocycles. The molecular formula is C14H21N5O2. The van der Waals surface area contributed by atoms with Gasteiger partial charge in [0.2, 0.25) is 11.9 Å². The molecule has 0 saturated carbocycles. The second-order valence-electron chi connectivity index (χ2n) is 5.51. The maximum Gasteiger partial charge on any atom is 0.229 e. The monoisotopic (exact) mass is 291 g/mol. The molecule has 1 aromatic rings. The molecule has 2 atom stereocenters. The summed E-state index contributed by atoms with van der Waals surface area (Å²) in [5.41, 5.74) is 0. The van der Waals surface area contributed by atoms with Crippen LogP contribution in [0.3, 0.4) is 0 Å². The first-order chi connectivity index (χ1) is 10.2. The number of likely N-dealkylation sites (N-methyl/N-ethyl adjacent to an activating group) is 1. The Morgan fingerprint density at radius 3 is 3.10 bits per heavy atom. The van der Waals surface area contributed by atoms with Gasteiger partial charge in [-0.3, -0.25) is 4.79 Å². The third-order valence-corrected chi connectivity index (χ3v) is 4.03. The quantitative estimate of drug-likeness (QED) is 0.858. The summed E-state index contributed by atoms with van der Waals surface area (Å²) in [4.78, 5) is 25.2. The third-order valence-electron chi connectivity index (χ3n) is 4.03. The van der Waals surface area contributed by atoms with Crippen molar-refractivity contribution in [2.45, 2.75) is 13.0 Å². The molecule has 2 saturated heterocycles. The lowest BCUT2D eigenvalue weighted by Crippen LogP contribution is -2.43. The van der Waals surface area contributed by atoms with Gasteiger partial charge in [0.1, 0.15) is 5.82 Å². The van der Waals surface area contributed by atoms with E-state index in [0.717, 1.165) is 12.4 Å². The van der Waals surface area contributed by atoms with E-state index in [0.29, 0.717) is 32.3 Å². The molecule has 7 heteroatoms. The first-order valence-corrected chi connectivity index (χ1v) is 7.35. The molecule has 3 heterocycles. The lowest BCUT2D eigenvalue weighted by molar-refractivity contribution is -0.133. The van der Waals surface area contributed by atoms with Crippen LogP contribution in [0.5, 0.6) is 0 Å². The third kappa shape index (κ3) is 2.78. The summed E-state index contributed by atoms with van der Waals surface area (Å²) in [5.74, 6) is 1.50. The number of nitrogens with one attached hydrogen (secondary N) is 1. The van der Waals surface area contributed by atoms with Crippen molar-refractivity contribution < 1.29 is 9.53 Å². The highest BCUT2D eigenvalue weighted by Crippen LogP contribution is 2.22. The SMILES string of the molecule is CCNc1ccnc(N2C[C@@H]3COC[C@H](C2)N(C)C3=O)n1. The van der Waals surface area contributed by atoms with E-state index in [2.05, 4.69) is 20.2 Å². The normalized spacial score (nSPS) is 25.7. The first-order valence-electron chi connectivity index (χ1n) is 7.35. The van der Waals surface area contributed by atoms with Crippen LogP contribution in [0, 0.1) is 5.92 Å². The number of fused-ring (bicyclic) bond motifs is 3. The minimum atomic E-state index is -0.145. The van der Waals surface area contributed by atoms with E-state index in [9.17, 15) is 4.79 Å². The zero-order valence-electron chi connectivity index (χ0n) is 12.5. The number of ether oxygens (including phenoxy) is 1. The number of aromatic nitrogens is 2. The van der Waals surface area contributed by atoms with E-state index >= 15 is 0 Å². The van der Waals surface area contributed by atoms with E-state index in [4.69, 9.17) is 4.74 Å². The molecule has 3 rings (SSSR count). The average Bonchev–Trinajstić information content (AvgIpc) is 2.65. The summed E-state index contributed by atoms with van der Waals surface area (Å²) in [6, 6.07) is 1.91. The molecule has 0 radical (unpaired) electrons. The molecule has 0 spiro atoms. The van der Waals surface area contributed by atoms with Gasteiger partial charge in [-0.25, -0.2) is 4.98 Å². The van der Waals surface area contributed by atoms with Crippen molar-refractivity contribution in [2.24, 2.45) is 5.92 Å². The molecule has 2 fully saturated rings. The molecule has 2 aliphatic heterocycles. The van der Waals surface area contributed by atoms with Gasteiger partial charge in [-0.15, -0.1) is 0 Å². The Balaban J connectivity index is 1.86. The van der Waals surface area contributed by atoms with Gasteiger partial charge in [-0.2, -0.15) is 4.98 Å². The van der Waals surface area contributed by atoms with Crippen molar-refractivity contribution in [3.63, 3.8) is 0 Å². The summed E-state index contributed by atoms with van der Waals surface area (Å²) < 4.78 is 5.61. The standard InChI is InChI=1S/C14H21N5O2/c1-3-15-12-4-5-16-14(17-12)19-6-10-8-21-9-11(7-19)18(2)13(10)20/h4-5,10-11H,3,6-9H2,1-2H3,(H,15,16,17)/t10-,11+/m1/s1. The maximum absolute atomic E-state index is 12.3. The smallest absolute Gasteiger partial charge is 0.229 e. The molecule has 1 N–H and O–H groups in total. The highest BCUT2D eigenvalue weighted by molar-refractivity contribution is 5.80. The second-order valence-corrected chi connectivity index (χ2v) is 5.51. The number of hydrogen-bond donors (Lipinski definition) is 1. The Morgan fingerprint density at radius 2 is 2.29 bits per heavy atom. The molecule has 2 bridgehead atoms. The fourth-order valence-corrected chi connectivity index (χ4v) is 2.84. The molecule has 0 unspecified atom stereocenters. The van der Waals surface area contributed by atoms with E-state index in [-0.39, 0.29) is 17.9 Å². The van der Waals surface area contributed by atoms with Crippen LogP contribution in [0.1, 0.15) is 6.92 Å². The van der Waals surface area contributed by atoms with Crippen molar-refractivity contribution in [3.8, 4) is 0 Å². The summed E-state index contributed by atoms with van der Waals surface area (Å²) in [5, 5.41) is 3.19.